The minimum absolute atomic E-state index is 0.0130. The van der Waals surface area contributed by atoms with Crippen molar-refractivity contribution in [2.24, 2.45) is 0 Å². The molecule has 1 amide bonds. The molecule has 0 aliphatic carbocycles. The Balaban J connectivity index is 2.30. The summed E-state index contributed by atoms with van der Waals surface area (Å²) in [5.74, 6) is -0.344. The normalized spacial score (nSPS) is 10.1. The first-order chi connectivity index (χ1) is 9.49. The zero-order chi connectivity index (χ0) is 14.7. The Kier molecular flexibility index (Phi) is 4.26. The highest BCUT2D eigenvalue weighted by molar-refractivity contribution is 9.10. The third kappa shape index (κ3) is 3.09. The number of nitrogens with one attached hydrogen (secondary N) is 1. The van der Waals surface area contributed by atoms with Crippen LogP contribution in [0.3, 0.4) is 0 Å². The molecule has 0 saturated heterocycles. The summed E-state index contributed by atoms with van der Waals surface area (Å²) in [5, 5.41) is 13.3. The molecule has 0 bridgehead atoms. The lowest BCUT2D eigenvalue weighted by Crippen LogP contribution is -2.14. The van der Waals surface area contributed by atoms with Gasteiger partial charge in [0.15, 0.2) is 0 Å². The number of aromatic nitrogens is 2. The number of benzene rings is 1. The van der Waals surface area contributed by atoms with Gasteiger partial charge >= 0.3 is 0 Å². The van der Waals surface area contributed by atoms with Gasteiger partial charge < -0.3 is 5.32 Å². The Morgan fingerprint density at radius 2 is 2.15 bits per heavy atom. The van der Waals surface area contributed by atoms with Gasteiger partial charge in [-0.1, -0.05) is 6.07 Å². The van der Waals surface area contributed by atoms with Crippen LogP contribution >= 0.6 is 27.5 Å². The van der Waals surface area contributed by atoms with Crippen LogP contribution in [0, 0.1) is 10.1 Å². The number of carbonyl (C=O) groups is 1. The van der Waals surface area contributed by atoms with Crippen molar-refractivity contribution in [1.82, 2.24) is 9.97 Å². The third-order valence-corrected chi connectivity index (χ3v) is 3.30. The van der Waals surface area contributed by atoms with Crippen LogP contribution in [0.4, 0.5) is 11.5 Å². The van der Waals surface area contributed by atoms with Crippen LogP contribution in [0.5, 0.6) is 0 Å². The summed E-state index contributed by atoms with van der Waals surface area (Å²) in [4.78, 5) is 29.8. The lowest BCUT2D eigenvalue weighted by molar-refractivity contribution is -0.385. The molecule has 1 N–H and O–H groups in total. The Morgan fingerprint density at radius 3 is 2.80 bits per heavy atom. The number of carbonyl (C=O) groups excluding carboxylic acids is 1. The van der Waals surface area contributed by atoms with Crippen LogP contribution in [0.1, 0.15) is 10.4 Å². The lowest BCUT2D eigenvalue weighted by atomic mass is 10.2. The highest BCUT2D eigenvalue weighted by Gasteiger charge is 2.19. The van der Waals surface area contributed by atoms with Gasteiger partial charge in [-0.25, -0.2) is 9.97 Å². The summed E-state index contributed by atoms with van der Waals surface area (Å²) < 4.78 is 0.0997. The van der Waals surface area contributed by atoms with E-state index in [1.807, 2.05) is 0 Å². The van der Waals surface area contributed by atoms with Crippen molar-refractivity contribution in [1.29, 1.82) is 0 Å². The second-order valence-corrected chi connectivity index (χ2v) is 4.69. The van der Waals surface area contributed by atoms with Crippen molar-refractivity contribution in [2.45, 2.75) is 0 Å². The Hall–Kier alpha value is -2.06. The summed E-state index contributed by atoms with van der Waals surface area (Å²) in [5.41, 5.74) is -0.0766. The number of amides is 1. The monoisotopic (exact) mass is 356 g/mol. The molecule has 0 atom stereocenters. The van der Waals surface area contributed by atoms with E-state index in [1.54, 1.807) is 0 Å². The number of anilines is 1. The number of nitrogens with zero attached hydrogens (tertiary/aromatic N) is 3. The SMILES string of the molecule is O=C(Nc1ccnc(Cl)n1)c1cccc([N+](=O)[O-])c1Br. The van der Waals surface area contributed by atoms with Crippen LogP contribution < -0.4 is 5.32 Å². The first-order valence-corrected chi connectivity index (χ1v) is 6.39. The quantitative estimate of drug-likeness (QED) is 0.517. The van der Waals surface area contributed by atoms with E-state index in [0.29, 0.717) is 0 Å². The van der Waals surface area contributed by atoms with Gasteiger partial charge in [-0.3, -0.25) is 14.9 Å². The molecule has 0 radical (unpaired) electrons. The molecule has 9 heteroatoms. The van der Waals surface area contributed by atoms with Crippen molar-refractivity contribution >= 4 is 44.9 Å². The lowest BCUT2D eigenvalue weighted by Gasteiger charge is -2.06. The maximum absolute atomic E-state index is 12.1. The largest absolute Gasteiger partial charge is 0.306 e. The number of rotatable bonds is 3. The fraction of sp³-hybridized carbons (Fsp3) is 0. The van der Waals surface area contributed by atoms with Gasteiger partial charge in [-0.2, -0.15) is 0 Å². The second-order valence-electron chi connectivity index (χ2n) is 3.56. The van der Waals surface area contributed by atoms with Crippen LogP contribution in [0.2, 0.25) is 5.28 Å². The van der Waals surface area contributed by atoms with Crippen molar-refractivity contribution in [2.75, 3.05) is 5.32 Å². The van der Waals surface area contributed by atoms with E-state index in [1.165, 1.54) is 30.5 Å². The van der Waals surface area contributed by atoms with E-state index >= 15 is 0 Å². The molecule has 0 aliphatic heterocycles. The summed E-state index contributed by atoms with van der Waals surface area (Å²) >= 11 is 8.65. The molecule has 0 spiro atoms. The Bertz CT molecular complexity index is 695. The highest BCUT2D eigenvalue weighted by Crippen LogP contribution is 2.28. The second kappa shape index (κ2) is 5.93. The summed E-state index contributed by atoms with van der Waals surface area (Å²) in [7, 11) is 0. The molecular weight excluding hydrogens is 352 g/mol. The van der Waals surface area contributed by atoms with Gasteiger partial charge in [-0.05, 0) is 39.7 Å². The van der Waals surface area contributed by atoms with Gasteiger partial charge in [0.05, 0.1) is 10.5 Å². The van der Waals surface area contributed by atoms with E-state index in [-0.39, 0.29) is 26.8 Å². The van der Waals surface area contributed by atoms with Gasteiger partial charge in [0.2, 0.25) is 5.28 Å². The molecule has 1 aromatic carbocycles. The molecular formula is C11H6BrClN4O3. The number of nitro benzene ring substituents is 1. The van der Waals surface area contributed by atoms with Crippen molar-refractivity contribution in [3.8, 4) is 0 Å². The molecule has 7 nitrogen and oxygen atoms in total. The standard InChI is InChI=1S/C11H6BrClN4O3/c12-9-6(2-1-3-7(9)17(19)20)10(18)15-8-4-5-14-11(13)16-8/h1-5H,(H,14,15,16,18). The topological polar surface area (TPSA) is 98.0 Å². The van der Waals surface area contributed by atoms with E-state index in [2.05, 4.69) is 31.2 Å². The van der Waals surface area contributed by atoms with Crippen LogP contribution in [0.15, 0.2) is 34.9 Å². The predicted molar refractivity (Wildman–Crippen MR) is 75.8 cm³/mol. The fourth-order valence-electron chi connectivity index (χ4n) is 1.42. The third-order valence-electron chi connectivity index (χ3n) is 2.29. The molecule has 102 valence electrons. The van der Waals surface area contributed by atoms with Gasteiger partial charge in [0.25, 0.3) is 11.6 Å². The molecule has 0 fully saturated rings. The Labute approximate surface area is 126 Å². The molecule has 2 rings (SSSR count). The number of hydrogen-bond donors (Lipinski definition) is 1. The number of hydrogen-bond acceptors (Lipinski definition) is 5. The molecule has 0 unspecified atom stereocenters. The zero-order valence-electron chi connectivity index (χ0n) is 9.71. The first-order valence-electron chi connectivity index (χ1n) is 5.22. The van der Waals surface area contributed by atoms with Crippen LogP contribution in [-0.2, 0) is 0 Å². The zero-order valence-corrected chi connectivity index (χ0v) is 12.1. The van der Waals surface area contributed by atoms with Crippen molar-refractivity contribution < 1.29 is 9.72 Å². The predicted octanol–water partition coefficient (Wildman–Crippen LogP) is 3.05. The van der Waals surface area contributed by atoms with Crippen LogP contribution in [-0.4, -0.2) is 20.8 Å². The molecule has 2 aromatic rings. The van der Waals surface area contributed by atoms with Crippen molar-refractivity contribution in [3.05, 3.63) is 55.9 Å². The summed E-state index contributed by atoms with van der Waals surface area (Å²) in [6, 6.07) is 5.62. The number of nitro groups is 1. The molecule has 1 aromatic heterocycles. The van der Waals surface area contributed by atoms with E-state index < -0.39 is 10.8 Å². The minimum Gasteiger partial charge on any atom is -0.306 e. The molecule has 0 saturated carbocycles. The highest BCUT2D eigenvalue weighted by atomic mass is 79.9. The molecule has 1 heterocycles. The average Bonchev–Trinajstić information content (AvgIpc) is 2.38. The van der Waals surface area contributed by atoms with E-state index in [0.717, 1.165) is 0 Å². The van der Waals surface area contributed by atoms with Gasteiger partial charge in [0.1, 0.15) is 10.3 Å². The first kappa shape index (κ1) is 14.4. The number of halogens is 2. The fourth-order valence-corrected chi connectivity index (χ4v) is 2.16. The van der Waals surface area contributed by atoms with Gasteiger partial charge in [0, 0.05) is 12.3 Å². The summed E-state index contributed by atoms with van der Waals surface area (Å²) in [6.07, 6.45) is 1.38. The minimum atomic E-state index is -0.581. The maximum Gasteiger partial charge on any atom is 0.284 e. The average molecular weight is 358 g/mol. The smallest absolute Gasteiger partial charge is 0.284 e. The molecule has 20 heavy (non-hydrogen) atoms. The Morgan fingerprint density at radius 1 is 1.40 bits per heavy atom. The van der Waals surface area contributed by atoms with E-state index in [4.69, 9.17) is 11.6 Å². The van der Waals surface area contributed by atoms with Crippen LogP contribution in [0.25, 0.3) is 0 Å². The van der Waals surface area contributed by atoms with E-state index in [9.17, 15) is 14.9 Å². The molecule has 0 aliphatic rings. The van der Waals surface area contributed by atoms with Gasteiger partial charge in [-0.15, -0.1) is 0 Å². The summed E-state index contributed by atoms with van der Waals surface area (Å²) in [6.45, 7) is 0. The van der Waals surface area contributed by atoms with Crippen molar-refractivity contribution in [3.63, 3.8) is 0 Å². The maximum atomic E-state index is 12.1.